The molecule has 0 aliphatic heterocycles. The summed E-state index contributed by atoms with van der Waals surface area (Å²) in [6, 6.07) is 13.2. The summed E-state index contributed by atoms with van der Waals surface area (Å²) in [6.07, 6.45) is 0. The Balaban J connectivity index is 1.64. The van der Waals surface area contributed by atoms with Gasteiger partial charge in [0.2, 0.25) is 0 Å². The minimum Gasteiger partial charge on any atom is -0.493 e. The third-order valence-corrected chi connectivity index (χ3v) is 4.72. The van der Waals surface area contributed by atoms with E-state index in [1.165, 1.54) is 16.7 Å². The number of rotatable bonds is 8. The Kier molecular flexibility index (Phi) is 5.93. The molecule has 3 aromatic rings. The van der Waals surface area contributed by atoms with Crippen LogP contribution in [-0.2, 0) is 0 Å². The van der Waals surface area contributed by atoms with E-state index in [4.69, 9.17) is 19.3 Å². The number of hydrogen-bond donors (Lipinski definition) is 1. The number of hydrogen-bond acceptors (Lipinski definition) is 6. The first-order valence-corrected chi connectivity index (χ1v) is 9.15. The standard InChI is InChI=1S/C20H19NO5S/c1-13-5-3-4-6-16(13)25-9-10-26-17-8-7-14(11-18(17)24-2)19-21-15(12-27-19)20(22)23/h3-8,11-12H,9-10H2,1-2H3,(H,22,23). The van der Waals surface area contributed by atoms with Gasteiger partial charge in [-0.25, -0.2) is 9.78 Å². The summed E-state index contributed by atoms with van der Waals surface area (Å²) >= 11 is 1.27. The monoisotopic (exact) mass is 385 g/mol. The third-order valence-electron chi connectivity index (χ3n) is 3.83. The van der Waals surface area contributed by atoms with Crippen LogP contribution < -0.4 is 14.2 Å². The van der Waals surface area contributed by atoms with E-state index in [9.17, 15) is 4.79 Å². The molecule has 0 saturated carbocycles. The minimum atomic E-state index is -1.04. The highest BCUT2D eigenvalue weighted by molar-refractivity contribution is 7.13. The maximum Gasteiger partial charge on any atom is 0.355 e. The van der Waals surface area contributed by atoms with Crippen molar-refractivity contribution in [2.24, 2.45) is 0 Å². The number of carboxylic acids is 1. The molecule has 0 atom stereocenters. The summed E-state index contributed by atoms with van der Waals surface area (Å²) in [5, 5.41) is 11.1. The summed E-state index contributed by atoms with van der Waals surface area (Å²) in [4.78, 5) is 15.1. The van der Waals surface area contributed by atoms with Crippen LogP contribution in [0.4, 0.5) is 0 Å². The number of para-hydroxylation sites is 1. The number of carboxylic acid groups (broad SMARTS) is 1. The fourth-order valence-corrected chi connectivity index (χ4v) is 3.24. The Morgan fingerprint density at radius 3 is 2.48 bits per heavy atom. The molecule has 0 fully saturated rings. The molecule has 2 aromatic carbocycles. The molecule has 27 heavy (non-hydrogen) atoms. The molecule has 0 spiro atoms. The first-order valence-electron chi connectivity index (χ1n) is 8.27. The van der Waals surface area contributed by atoms with Gasteiger partial charge in [0.15, 0.2) is 17.2 Å². The summed E-state index contributed by atoms with van der Waals surface area (Å²) in [6.45, 7) is 2.76. The van der Waals surface area contributed by atoms with Gasteiger partial charge in [0.1, 0.15) is 24.0 Å². The highest BCUT2D eigenvalue weighted by Crippen LogP contribution is 2.33. The number of aryl methyl sites for hydroxylation is 1. The second-order valence-corrected chi connectivity index (χ2v) is 6.53. The molecule has 1 heterocycles. The Hall–Kier alpha value is -3.06. The first kappa shape index (κ1) is 18.7. The number of carbonyl (C=O) groups is 1. The molecule has 0 bridgehead atoms. The van der Waals surface area contributed by atoms with Crippen LogP contribution in [-0.4, -0.2) is 36.4 Å². The zero-order valence-corrected chi connectivity index (χ0v) is 15.8. The molecule has 7 heteroatoms. The fourth-order valence-electron chi connectivity index (χ4n) is 2.45. The molecule has 1 aromatic heterocycles. The van der Waals surface area contributed by atoms with E-state index in [-0.39, 0.29) is 5.69 Å². The summed E-state index contributed by atoms with van der Waals surface area (Å²) in [7, 11) is 1.56. The van der Waals surface area contributed by atoms with Crippen LogP contribution in [0.5, 0.6) is 17.2 Å². The van der Waals surface area contributed by atoms with Crippen LogP contribution in [0.1, 0.15) is 16.1 Å². The number of methoxy groups -OCH3 is 1. The van der Waals surface area contributed by atoms with E-state index in [2.05, 4.69) is 4.98 Å². The zero-order chi connectivity index (χ0) is 19.2. The van der Waals surface area contributed by atoms with Crippen molar-refractivity contribution in [1.82, 2.24) is 4.98 Å². The molecule has 0 saturated heterocycles. The first-order chi connectivity index (χ1) is 13.1. The van der Waals surface area contributed by atoms with Crippen molar-refractivity contribution in [3.63, 3.8) is 0 Å². The highest BCUT2D eigenvalue weighted by atomic mass is 32.1. The van der Waals surface area contributed by atoms with Crippen molar-refractivity contribution in [2.45, 2.75) is 6.92 Å². The molecule has 0 radical (unpaired) electrons. The van der Waals surface area contributed by atoms with Gasteiger partial charge in [0.05, 0.1) is 7.11 Å². The van der Waals surface area contributed by atoms with Gasteiger partial charge in [0.25, 0.3) is 0 Å². The maximum absolute atomic E-state index is 11.0. The van der Waals surface area contributed by atoms with Crippen molar-refractivity contribution < 1.29 is 24.1 Å². The van der Waals surface area contributed by atoms with Gasteiger partial charge < -0.3 is 19.3 Å². The number of thiazole rings is 1. The topological polar surface area (TPSA) is 77.9 Å². The molecular weight excluding hydrogens is 366 g/mol. The SMILES string of the molecule is COc1cc(-c2nc(C(=O)O)cs2)ccc1OCCOc1ccccc1C. The quantitative estimate of drug-likeness (QED) is 0.583. The zero-order valence-electron chi connectivity index (χ0n) is 15.0. The number of aromatic carboxylic acids is 1. The average Bonchev–Trinajstić information content (AvgIpc) is 3.17. The summed E-state index contributed by atoms with van der Waals surface area (Å²) < 4.78 is 16.9. The Bertz CT molecular complexity index is 938. The molecule has 0 aliphatic carbocycles. The van der Waals surface area contributed by atoms with E-state index in [1.54, 1.807) is 19.2 Å². The van der Waals surface area contributed by atoms with Crippen LogP contribution in [0.3, 0.4) is 0 Å². The number of ether oxygens (including phenoxy) is 3. The van der Waals surface area contributed by atoms with Crippen LogP contribution in [0.25, 0.3) is 10.6 Å². The van der Waals surface area contributed by atoms with Crippen molar-refractivity contribution in [1.29, 1.82) is 0 Å². The van der Waals surface area contributed by atoms with E-state index in [0.717, 1.165) is 16.9 Å². The van der Waals surface area contributed by atoms with Gasteiger partial charge in [-0.05, 0) is 36.8 Å². The molecule has 3 rings (SSSR count). The van der Waals surface area contributed by atoms with Crippen LogP contribution >= 0.6 is 11.3 Å². The van der Waals surface area contributed by atoms with Crippen LogP contribution in [0.15, 0.2) is 47.8 Å². The smallest absolute Gasteiger partial charge is 0.355 e. The second kappa shape index (κ2) is 8.55. The normalized spacial score (nSPS) is 10.4. The largest absolute Gasteiger partial charge is 0.493 e. The lowest BCUT2D eigenvalue weighted by molar-refractivity contribution is 0.0691. The van der Waals surface area contributed by atoms with Gasteiger partial charge in [-0.2, -0.15) is 0 Å². The molecule has 0 unspecified atom stereocenters. The second-order valence-electron chi connectivity index (χ2n) is 5.67. The predicted octanol–water partition coefficient (Wildman–Crippen LogP) is 4.28. The number of benzene rings is 2. The maximum atomic E-state index is 11.0. The van der Waals surface area contributed by atoms with Crippen molar-refractivity contribution >= 4 is 17.3 Å². The molecule has 140 valence electrons. The molecule has 6 nitrogen and oxygen atoms in total. The fraction of sp³-hybridized carbons (Fsp3) is 0.200. The lowest BCUT2D eigenvalue weighted by Crippen LogP contribution is -2.10. The van der Waals surface area contributed by atoms with E-state index < -0.39 is 5.97 Å². The number of nitrogens with zero attached hydrogens (tertiary/aromatic N) is 1. The van der Waals surface area contributed by atoms with E-state index in [0.29, 0.717) is 29.7 Å². The Morgan fingerprint density at radius 1 is 1.07 bits per heavy atom. The van der Waals surface area contributed by atoms with E-state index >= 15 is 0 Å². The van der Waals surface area contributed by atoms with Crippen LogP contribution in [0.2, 0.25) is 0 Å². The molecular formula is C20H19NO5S. The van der Waals surface area contributed by atoms with Crippen molar-refractivity contribution in [3.8, 4) is 27.8 Å². The van der Waals surface area contributed by atoms with Crippen molar-refractivity contribution in [2.75, 3.05) is 20.3 Å². The van der Waals surface area contributed by atoms with Gasteiger partial charge in [0, 0.05) is 10.9 Å². The molecule has 0 aliphatic rings. The lowest BCUT2D eigenvalue weighted by atomic mass is 10.2. The highest BCUT2D eigenvalue weighted by Gasteiger charge is 2.13. The number of aromatic nitrogens is 1. The predicted molar refractivity (Wildman–Crippen MR) is 103 cm³/mol. The van der Waals surface area contributed by atoms with Gasteiger partial charge in [-0.15, -0.1) is 11.3 Å². The van der Waals surface area contributed by atoms with Crippen molar-refractivity contribution in [3.05, 3.63) is 59.1 Å². The molecule has 1 N–H and O–H groups in total. The minimum absolute atomic E-state index is 0.0302. The van der Waals surface area contributed by atoms with Gasteiger partial charge in [-0.3, -0.25) is 0 Å². The van der Waals surface area contributed by atoms with E-state index in [1.807, 2.05) is 37.3 Å². The Labute approximate surface area is 161 Å². The molecule has 0 amide bonds. The van der Waals surface area contributed by atoms with Gasteiger partial charge in [-0.1, -0.05) is 18.2 Å². The lowest BCUT2D eigenvalue weighted by Gasteiger charge is -2.13. The van der Waals surface area contributed by atoms with Crippen LogP contribution in [0, 0.1) is 6.92 Å². The average molecular weight is 385 g/mol. The third kappa shape index (κ3) is 4.57. The Morgan fingerprint density at radius 2 is 1.81 bits per heavy atom. The summed E-state index contributed by atoms with van der Waals surface area (Å²) in [5.41, 5.74) is 1.87. The summed E-state index contributed by atoms with van der Waals surface area (Å²) in [5.74, 6) is 0.930. The van der Waals surface area contributed by atoms with Gasteiger partial charge >= 0.3 is 5.97 Å².